The van der Waals surface area contributed by atoms with Gasteiger partial charge in [0, 0.05) is 18.8 Å². The lowest BCUT2D eigenvalue weighted by atomic mass is 10.0. The molecule has 0 N–H and O–H groups in total. The minimum Gasteiger partial charge on any atom is -0.351 e. The third kappa shape index (κ3) is 2.72. The number of carbonyl (C=O) groups excluding carboxylic acids is 1. The maximum absolute atomic E-state index is 8.81. The van der Waals surface area contributed by atoms with Crippen molar-refractivity contribution in [2.24, 2.45) is 7.05 Å². The molecule has 0 aliphatic carbocycles. The van der Waals surface area contributed by atoms with Crippen molar-refractivity contribution in [3.63, 3.8) is 0 Å². The summed E-state index contributed by atoms with van der Waals surface area (Å²) < 4.78 is 2.15. The fourth-order valence-corrected chi connectivity index (χ4v) is 1.66. The first-order chi connectivity index (χ1) is 7.60. The average Bonchev–Trinajstić information content (AvgIpc) is 2.61. The molecule has 0 saturated carbocycles. The second kappa shape index (κ2) is 5.50. The number of rotatable bonds is 1. The van der Waals surface area contributed by atoms with E-state index in [1.807, 2.05) is 0 Å². The van der Waals surface area contributed by atoms with Crippen molar-refractivity contribution in [3.05, 3.63) is 36.0 Å². The highest BCUT2D eigenvalue weighted by Crippen LogP contribution is 2.21. The predicted molar refractivity (Wildman–Crippen MR) is 68.7 cm³/mol. The van der Waals surface area contributed by atoms with E-state index in [4.69, 9.17) is 4.79 Å². The molecule has 0 aliphatic rings. The number of aromatic nitrogens is 1. The lowest BCUT2D eigenvalue weighted by Crippen LogP contribution is -1.88. The summed E-state index contributed by atoms with van der Waals surface area (Å²) in [6.45, 7) is 5.90. The molecular formula is C14H19NO. The minimum absolute atomic E-state index is 0.615. The Morgan fingerprint density at radius 1 is 1.25 bits per heavy atom. The summed E-state index contributed by atoms with van der Waals surface area (Å²) in [7, 11) is 2.08. The van der Waals surface area contributed by atoms with Gasteiger partial charge in [-0.05, 0) is 42.0 Å². The van der Waals surface area contributed by atoms with Gasteiger partial charge in [0.05, 0.1) is 0 Å². The number of hydrogen-bond donors (Lipinski definition) is 0. The summed E-state index contributed by atoms with van der Waals surface area (Å²) >= 11 is 0. The topological polar surface area (TPSA) is 22.0 Å². The number of carbonyl (C=O) groups is 1. The molecular weight excluding hydrogens is 198 g/mol. The molecule has 0 amide bonds. The third-order valence-corrected chi connectivity index (χ3v) is 2.58. The molecule has 0 radical (unpaired) electrons. The Kier molecular flexibility index (Phi) is 4.29. The molecule has 1 aromatic carbocycles. The fourth-order valence-electron chi connectivity index (χ4n) is 1.66. The summed E-state index contributed by atoms with van der Waals surface area (Å²) in [6, 6.07) is 8.86. The predicted octanol–water partition coefficient (Wildman–Crippen LogP) is 3.51. The molecule has 2 aromatic rings. The van der Waals surface area contributed by atoms with E-state index in [0.29, 0.717) is 5.92 Å². The van der Waals surface area contributed by atoms with Gasteiger partial charge in [0.1, 0.15) is 6.29 Å². The second-order valence-corrected chi connectivity index (χ2v) is 4.14. The van der Waals surface area contributed by atoms with Crippen LogP contribution in [0.1, 0.15) is 32.3 Å². The smallest absolute Gasteiger partial charge is 0.116 e. The molecule has 0 bridgehead atoms. The van der Waals surface area contributed by atoms with Crippen LogP contribution in [0, 0.1) is 0 Å². The maximum Gasteiger partial charge on any atom is 0.116 e. The van der Waals surface area contributed by atoms with Crippen molar-refractivity contribution in [1.82, 2.24) is 4.57 Å². The van der Waals surface area contributed by atoms with Gasteiger partial charge in [-0.25, -0.2) is 0 Å². The fraction of sp³-hybridized carbons (Fsp3) is 0.357. The maximum atomic E-state index is 8.81. The third-order valence-electron chi connectivity index (χ3n) is 2.58. The molecule has 86 valence electrons. The monoisotopic (exact) mass is 217 g/mol. The van der Waals surface area contributed by atoms with Gasteiger partial charge < -0.3 is 9.36 Å². The quantitative estimate of drug-likeness (QED) is 0.670. The Labute approximate surface area is 96.9 Å². The van der Waals surface area contributed by atoms with Crippen LogP contribution in [0.4, 0.5) is 0 Å². The number of hydrogen-bond acceptors (Lipinski definition) is 1. The zero-order valence-corrected chi connectivity index (χ0v) is 10.4. The highest BCUT2D eigenvalue weighted by atomic mass is 16.1. The van der Waals surface area contributed by atoms with Gasteiger partial charge in [0.25, 0.3) is 0 Å². The van der Waals surface area contributed by atoms with E-state index in [9.17, 15) is 0 Å². The molecule has 0 atom stereocenters. The Hall–Kier alpha value is -1.57. The van der Waals surface area contributed by atoms with Crippen LogP contribution in [-0.4, -0.2) is 10.9 Å². The standard InChI is InChI=1S/C12H15N.C2H4O/c1-9(2)10-4-5-12-11(8-10)6-7-13(12)3;1-2-3/h4-9H,1-3H3;2H,1H3. The summed E-state index contributed by atoms with van der Waals surface area (Å²) in [5.74, 6) is 0.615. The Morgan fingerprint density at radius 2 is 1.88 bits per heavy atom. The van der Waals surface area contributed by atoms with E-state index < -0.39 is 0 Å². The molecule has 2 heteroatoms. The van der Waals surface area contributed by atoms with Crippen LogP contribution in [-0.2, 0) is 11.8 Å². The van der Waals surface area contributed by atoms with Crippen LogP contribution in [0.25, 0.3) is 10.9 Å². The SMILES string of the molecule is CC(C)c1ccc2c(ccn2C)c1.CC=O. The summed E-state index contributed by atoms with van der Waals surface area (Å²) in [5.41, 5.74) is 2.73. The van der Waals surface area contributed by atoms with E-state index in [1.54, 1.807) is 0 Å². The summed E-state index contributed by atoms with van der Waals surface area (Å²) in [6.07, 6.45) is 2.86. The van der Waals surface area contributed by atoms with E-state index >= 15 is 0 Å². The van der Waals surface area contributed by atoms with Crippen molar-refractivity contribution in [3.8, 4) is 0 Å². The van der Waals surface area contributed by atoms with E-state index in [1.165, 1.54) is 23.4 Å². The zero-order valence-electron chi connectivity index (χ0n) is 10.4. The molecule has 1 aromatic heterocycles. The normalized spacial score (nSPS) is 10.1. The molecule has 0 unspecified atom stereocenters. The second-order valence-electron chi connectivity index (χ2n) is 4.14. The average molecular weight is 217 g/mol. The molecule has 16 heavy (non-hydrogen) atoms. The van der Waals surface area contributed by atoms with Crippen molar-refractivity contribution in [1.29, 1.82) is 0 Å². The molecule has 0 fully saturated rings. The zero-order chi connectivity index (χ0) is 12.1. The molecule has 1 heterocycles. The number of nitrogens with zero attached hydrogens (tertiary/aromatic N) is 1. The summed E-state index contributed by atoms with van der Waals surface area (Å²) in [5, 5.41) is 1.34. The van der Waals surface area contributed by atoms with Gasteiger partial charge in [0.15, 0.2) is 0 Å². The first kappa shape index (κ1) is 12.5. The largest absolute Gasteiger partial charge is 0.351 e. The van der Waals surface area contributed by atoms with Crippen LogP contribution >= 0.6 is 0 Å². The highest BCUT2D eigenvalue weighted by Gasteiger charge is 2.01. The number of aldehydes is 1. The van der Waals surface area contributed by atoms with E-state index in [-0.39, 0.29) is 0 Å². The highest BCUT2D eigenvalue weighted by molar-refractivity contribution is 5.80. The van der Waals surface area contributed by atoms with E-state index in [2.05, 4.69) is 55.9 Å². The molecule has 0 spiro atoms. The Morgan fingerprint density at radius 3 is 2.44 bits per heavy atom. The number of aryl methyl sites for hydroxylation is 1. The van der Waals surface area contributed by atoms with Crippen molar-refractivity contribution in [2.75, 3.05) is 0 Å². The lowest BCUT2D eigenvalue weighted by molar-refractivity contribution is -0.106. The number of fused-ring (bicyclic) bond motifs is 1. The van der Waals surface area contributed by atoms with Gasteiger partial charge >= 0.3 is 0 Å². The van der Waals surface area contributed by atoms with E-state index in [0.717, 1.165) is 6.29 Å². The van der Waals surface area contributed by atoms with Crippen LogP contribution in [0.15, 0.2) is 30.5 Å². The van der Waals surface area contributed by atoms with Gasteiger partial charge in [-0.1, -0.05) is 19.9 Å². The summed E-state index contributed by atoms with van der Waals surface area (Å²) in [4.78, 5) is 8.81. The van der Waals surface area contributed by atoms with Crippen LogP contribution < -0.4 is 0 Å². The van der Waals surface area contributed by atoms with Crippen LogP contribution in [0.5, 0.6) is 0 Å². The van der Waals surface area contributed by atoms with Crippen molar-refractivity contribution >= 4 is 17.2 Å². The minimum atomic E-state index is 0.615. The Bertz CT molecular complexity index is 469. The first-order valence-electron chi connectivity index (χ1n) is 5.55. The van der Waals surface area contributed by atoms with Gasteiger partial charge in [-0.3, -0.25) is 0 Å². The Balaban J connectivity index is 0.000000386. The molecule has 0 aliphatic heterocycles. The van der Waals surface area contributed by atoms with Crippen molar-refractivity contribution in [2.45, 2.75) is 26.7 Å². The molecule has 0 saturated heterocycles. The lowest BCUT2D eigenvalue weighted by Gasteiger charge is -2.05. The molecule has 2 rings (SSSR count). The van der Waals surface area contributed by atoms with Crippen LogP contribution in [0.2, 0.25) is 0 Å². The van der Waals surface area contributed by atoms with Gasteiger partial charge in [0.2, 0.25) is 0 Å². The van der Waals surface area contributed by atoms with Crippen molar-refractivity contribution < 1.29 is 4.79 Å². The van der Waals surface area contributed by atoms with Crippen LogP contribution in [0.3, 0.4) is 0 Å². The van der Waals surface area contributed by atoms with Gasteiger partial charge in [-0.2, -0.15) is 0 Å². The number of benzene rings is 1. The first-order valence-corrected chi connectivity index (χ1v) is 5.55. The molecule has 2 nitrogen and oxygen atoms in total. The van der Waals surface area contributed by atoms with Gasteiger partial charge in [-0.15, -0.1) is 0 Å².